The maximum absolute atomic E-state index is 9.89. The van der Waals surface area contributed by atoms with Crippen molar-refractivity contribution >= 4 is 49.4 Å². The topological polar surface area (TPSA) is 45.5 Å². The lowest BCUT2D eigenvalue weighted by Gasteiger charge is -2.03. The van der Waals surface area contributed by atoms with E-state index in [1.54, 1.807) is 18.3 Å². The number of thiazole rings is 1. The van der Waals surface area contributed by atoms with Crippen LogP contribution in [0.25, 0.3) is 22.0 Å². The number of benzene rings is 3. The second-order valence-electron chi connectivity index (χ2n) is 5.50. The number of fused-ring (bicyclic) bond motifs is 1. The van der Waals surface area contributed by atoms with Crippen molar-refractivity contribution in [1.29, 1.82) is 0 Å². The molecule has 4 rings (SSSR count). The highest BCUT2D eigenvalue weighted by Crippen LogP contribution is 2.32. The van der Waals surface area contributed by atoms with Gasteiger partial charge >= 0.3 is 0 Å². The van der Waals surface area contributed by atoms with Crippen LogP contribution in [0.2, 0.25) is 0 Å². The fourth-order valence-corrected chi connectivity index (χ4v) is 3.69. The van der Waals surface area contributed by atoms with E-state index in [9.17, 15) is 5.11 Å². The van der Waals surface area contributed by atoms with Crippen LogP contribution < -0.4 is 0 Å². The third kappa shape index (κ3) is 3.34. The van der Waals surface area contributed by atoms with E-state index in [-0.39, 0.29) is 5.75 Å². The van der Waals surface area contributed by atoms with E-state index in [0.717, 1.165) is 15.7 Å². The van der Waals surface area contributed by atoms with Crippen molar-refractivity contribution in [1.82, 2.24) is 4.98 Å². The van der Waals surface area contributed by atoms with Crippen LogP contribution in [0, 0.1) is 0 Å². The average Bonchev–Trinajstić information content (AvgIpc) is 3.11. The van der Waals surface area contributed by atoms with Gasteiger partial charge in [0.2, 0.25) is 5.13 Å². The summed E-state index contributed by atoms with van der Waals surface area (Å²) < 4.78 is 0.891. The summed E-state index contributed by atoms with van der Waals surface area (Å²) in [5.74, 6) is 0.192. The molecule has 0 saturated carbocycles. The van der Waals surface area contributed by atoms with E-state index >= 15 is 0 Å². The quantitative estimate of drug-likeness (QED) is 0.411. The Labute approximate surface area is 157 Å². The Morgan fingerprint density at radius 3 is 2.80 bits per heavy atom. The number of aromatic nitrogens is 1. The SMILES string of the molecule is Oc1ccc(Br)cc1C=Nc1nc(-c2cccc3ccccc23)cs1. The first kappa shape index (κ1) is 16.0. The molecule has 0 saturated heterocycles. The molecule has 0 amide bonds. The molecule has 3 aromatic carbocycles. The first-order chi connectivity index (χ1) is 12.2. The van der Waals surface area contributed by atoms with Gasteiger partial charge in [-0.25, -0.2) is 9.98 Å². The van der Waals surface area contributed by atoms with Crippen LogP contribution in [0.1, 0.15) is 5.56 Å². The molecule has 0 fully saturated rings. The van der Waals surface area contributed by atoms with Crippen LogP contribution in [0.5, 0.6) is 5.75 Å². The van der Waals surface area contributed by atoms with Gasteiger partial charge in [0.25, 0.3) is 0 Å². The molecule has 0 aliphatic rings. The van der Waals surface area contributed by atoms with Gasteiger partial charge in [0.1, 0.15) is 5.75 Å². The lowest BCUT2D eigenvalue weighted by Crippen LogP contribution is -1.83. The molecule has 1 N–H and O–H groups in total. The van der Waals surface area contributed by atoms with Crippen molar-refractivity contribution in [3.63, 3.8) is 0 Å². The van der Waals surface area contributed by atoms with Crippen molar-refractivity contribution in [3.8, 4) is 17.0 Å². The van der Waals surface area contributed by atoms with E-state index in [2.05, 4.69) is 50.2 Å². The zero-order chi connectivity index (χ0) is 17.2. The first-order valence-corrected chi connectivity index (χ1v) is 9.34. The summed E-state index contributed by atoms with van der Waals surface area (Å²) in [7, 11) is 0. The van der Waals surface area contributed by atoms with Crippen molar-refractivity contribution in [2.75, 3.05) is 0 Å². The van der Waals surface area contributed by atoms with Gasteiger partial charge in [-0.1, -0.05) is 58.4 Å². The molecule has 25 heavy (non-hydrogen) atoms. The molecular weight excluding hydrogens is 396 g/mol. The highest BCUT2D eigenvalue weighted by atomic mass is 79.9. The molecule has 122 valence electrons. The van der Waals surface area contributed by atoms with E-state index in [0.29, 0.717) is 10.7 Å². The first-order valence-electron chi connectivity index (χ1n) is 7.67. The molecular formula is C20H13BrN2OS. The number of halogens is 1. The molecule has 0 atom stereocenters. The van der Waals surface area contributed by atoms with Crippen LogP contribution in [0.4, 0.5) is 5.13 Å². The summed E-state index contributed by atoms with van der Waals surface area (Å²) in [6.45, 7) is 0. The number of phenols is 1. The molecule has 1 heterocycles. The highest BCUT2D eigenvalue weighted by molar-refractivity contribution is 9.10. The normalized spacial score (nSPS) is 11.4. The summed E-state index contributed by atoms with van der Waals surface area (Å²) >= 11 is 4.87. The Kier molecular flexibility index (Phi) is 4.34. The number of aromatic hydroxyl groups is 1. The predicted octanol–water partition coefficient (Wildman–Crippen LogP) is 6.18. The zero-order valence-electron chi connectivity index (χ0n) is 13.1. The van der Waals surface area contributed by atoms with Crippen molar-refractivity contribution in [2.45, 2.75) is 0 Å². The van der Waals surface area contributed by atoms with Gasteiger partial charge in [-0.2, -0.15) is 0 Å². The highest BCUT2D eigenvalue weighted by Gasteiger charge is 2.07. The van der Waals surface area contributed by atoms with Crippen LogP contribution in [0.3, 0.4) is 0 Å². The van der Waals surface area contributed by atoms with Crippen LogP contribution >= 0.6 is 27.3 Å². The summed E-state index contributed by atoms with van der Waals surface area (Å²) in [6.07, 6.45) is 1.63. The molecule has 0 spiro atoms. The summed E-state index contributed by atoms with van der Waals surface area (Å²) in [4.78, 5) is 9.03. The molecule has 0 radical (unpaired) electrons. The number of phenolic OH excluding ortho intramolecular Hbond substituents is 1. The van der Waals surface area contributed by atoms with Gasteiger partial charge in [-0.3, -0.25) is 0 Å². The van der Waals surface area contributed by atoms with Crippen molar-refractivity contribution in [3.05, 3.63) is 76.1 Å². The Balaban J connectivity index is 1.68. The number of nitrogens with zero attached hydrogens (tertiary/aromatic N) is 2. The Hall–Kier alpha value is -2.50. The summed E-state index contributed by atoms with van der Waals surface area (Å²) in [6, 6.07) is 19.7. The van der Waals surface area contributed by atoms with Gasteiger partial charge in [-0.15, -0.1) is 11.3 Å². The Morgan fingerprint density at radius 1 is 1.04 bits per heavy atom. The van der Waals surface area contributed by atoms with Crippen molar-refractivity contribution in [2.24, 2.45) is 4.99 Å². The van der Waals surface area contributed by atoms with Gasteiger partial charge in [0, 0.05) is 27.2 Å². The van der Waals surface area contributed by atoms with Crippen LogP contribution in [0.15, 0.2) is 75.5 Å². The monoisotopic (exact) mass is 408 g/mol. The number of aliphatic imine (C=N–C) groups is 1. The van der Waals surface area contributed by atoms with E-state index in [4.69, 9.17) is 0 Å². The van der Waals surface area contributed by atoms with Gasteiger partial charge < -0.3 is 5.11 Å². The molecule has 1 aromatic heterocycles. The second-order valence-corrected chi connectivity index (χ2v) is 7.26. The molecule has 5 heteroatoms. The van der Waals surface area contributed by atoms with E-state index in [1.165, 1.54) is 22.1 Å². The minimum atomic E-state index is 0.192. The average molecular weight is 409 g/mol. The maximum atomic E-state index is 9.89. The Bertz CT molecular complexity index is 1080. The fraction of sp³-hybridized carbons (Fsp3) is 0. The van der Waals surface area contributed by atoms with E-state index in [1.807, 2.05) is 29.6 Å². The molecule has 0 aliphatic heterocycles. The maximum Gasteiger partial charge on any atom is 0.209 e. The standard InChI is InChI=1S/C20H13BrN2OS/c21-15-8-9-19(24)14(10-15)11-22-20-23-18(12-25-20)17-7-3-5-13-4-1-2-6-16(13)17/h1-12,24H. The molecule has 4 aromatic rings. The van der Waals surface area contributed by atoms with Crippen LogP contribution in [-0.2, 0) is 0 Å². The van der Waals surface area contributed by atoms with Gasteiger partial charge in [0.05, 0.1) is 5.69 Å². The molecule has 3 nitrogen and oxygen atoms in total. The molecule has 0 bridgehead atoms. The third-order valence-electron chi connectivity index (χ3n) is 3.86. The second kappa shape index (κ2) is 6.78. The minimum absolute atomic E-state index is 0.192. The smallest absolute Gasteiger partial charge is 0.209 e. The zero-order valence-corrected chi connectivity index (χ0v) is 15.5. The van der Waals surface area contributed by atoms with Gasteiger partial charge in [0.15, 0.2) is 0 Å². The Morgan fingerprint density at radius 2 is 1.88 bits per heavy atom. The summed E-state index contributed by atoms with van der Waals surface area (Å²) in [5, 5.41) is 14.9. The largest absolute Gasteiger partial charge is 0.507 e. The third-order valence-corrected chi connectivity index (χ3v) is 5.10. The van der Waals surface area contributed by atoms with Gasteiger partial charge in [-0.05, 0) is 29.0 Å². The lowest BCUT2D eigenvalue weighted by molar-refractivity contribution is 0.474. The predicted molar refractivity (Wildman–Crippen MR) is 108 cm³/mol. The molecule has 0 unspecified atom stereocenters. The lowest BCUT2D eigenvalue weighted by atomic mass is 10.0. The fourth-order valence-electron chi connectivity index (χ4n) is 2.65. The van der Waals surface area contributed by atoms with E-state index < -0.39 is 0 Å². The number of hydrogen-bond acceptors (Lipinski definition) is 4. The van der Waals surface area contributed by atoms with Crippen molar-refractivity contribution < 1.29 is 5.11 Å². The summed E-state index contributed by atoms with van der Waals surface area (Å²) in [5.41, 5.74) is 2.66. The molecule has 0 aliphatic carbocycles. The minimum Gasteiger partial charge on any atom is -0.507 e. The van der Waals surface area contributed by atoms with Crippen LogP contribution in [-0.4, -0.2) is 16.3 Å². The number of rotatable bonds is 3. The number of hydrogen-bond donors (Lipinski definition) is 1.